The Morgan fingerprint density at radius 1 is 1.07 bits per heavy atom. The van der Waals surface area contributed by atoms with Crippen LogP contribution in [0.25, 0.3) is 11.0 Å². The van der Waals surface area contributed by atoms with Crippen molar-refractivity contribution in [3.63, 3.8) is 0 Å². The molecule has 152 valence electrons. The summed E-state index contributed by atoms with van der Waals surface area (Å²) in [5, 5.41) is 0. The van der Waals surface area contributed by atoms with E-state index in [0.717, 1.165) is 29.9 Å². The lowest BCUT2D eigenvalue weighted by atomic mass is 10.1. The number of amides is 1. The highest BCUT2D eigenvalue weighted by Gasteiger charge is 2.35. The van der Waals surface area contributed by atoms with E-state index in [2.05, 4.69) is 14.9 Å². The summed E-state index contributed by atoms with van der Waals surface area (Å²) in [5.74, 6) is 0.902. The van der Waals surface area contributed by atoms with Crippen molar-refractivity contribution in [1.29, 1.82) is 0 Å². The Bertz CT molecular complexity index is 966. The molecule has 2 aromatic carbocycles. The Morgan fingerprint density at radius 3 is 2.59 bits per heavy atom. The van der Waals surface area contributed by atoms with Gasteiger partial charge in [0.25, 0.3) is 5.91 Å². The van der Waals surface area contributed by atoms with Crippen LogP contribution in [0.5, 0.6) is 5.75 Å². The second kappa shape index (κ2) is 7.73. The van der Waals surface area contributed by atoms with E-state index < -0.39 is 5.60 Å². The summed E-state index contributed by atoms with van der Waals surface area (Å²) in [6.45, 7) is 6.26. The average Bonchev–Trinajstić information content (AvgIpc) is 2.98. The first kappa shape index (κ1) is 19.2. The van der Waals surface area contributed by atoms with Gasteiger partial charge in [-0.3, -0.25) is 4.79 Å². The number of nitrogens with zero attached hydrogens (tertiary/aromatic N) is 3. The molecule has 2 heterocycles. The Kier molecular flexibility index (Phi) is 5.13. The molecule has 3 aromatic rings. The monoisotopic (exact) mass is 396 g/mol. The van der Waals surface area contributed by atoms with Gasteiger partial charge in [-0.15, -0.1) is 0 Å². The van der Waals surface area contributed by atoms with Gasteiger partial charge in [-0.25, -0.2) is 9.37 Å². The van der Waals surface area contributed by atoms with Crippen LogP contribution >= 0.6 is 0 Å². The Hall–Kier alpha value is -3.09. The average molecular weight is 396 g/mol. The summed E-state index contributed by atoms with van der Waals surface area (Å²) < 4.78 is 19.0. The molecule has 0 aliphatic carbocycles. The van der Waals surface area contributed by atoms with Crippen LogP contribution in [-0.4, -0.2) is 52.6 Å². The van der Waals surface area contributed by atoms with Gasteiger partial charge in [-0.2, -0.15) is 0 Å². The van der Waals surface area contributed by atoms with Crippen LogP contribution in [0.15, 0.2) is 48.5 Å². The van der Waals surface area contributed by atoms with Crippen molar-refractivity contribution in [1.82, 2.24) is 14.9 Å². The number of rotatable bonds is 4. The zero-order valence-electron chi connectivity index (χ0n) is 16.7. The predicted octanol–water partition coefficient (Wildman–Crippen LogP) is 3.60. The summed E-state index contributed by atoms with van der Waals surface area (Å²) in [6.07, 6.45) is 0.843. The van der Waals surface area contributed by atoms with Crippen molar-refractivity contribution in [3.8, 4) is 5.75 Å². The van der Waals surface area contributed by atoms with Gasteiger partial charge in [0.2, 0.25) is 5.95 Å². The van der Waals surface area contributed by atoms with E-state index in [0.29, 0.717) is 25.4 Å². The number of aromatic amines is 1. The Morgan fingerprint density at radius 2 is 1.83 bits per heavy atom. The molecule has 0 atom stereocenters. The standard InChI is InChI=1S/C22H25FN4O2/c1-22(2,29-17-10-8-16(23)9-11-17)20(28)26-12-5-13-27(15-14-26)21-24-18-6-3-4-7-19(18)25-21/h3-4,6-11H,5,12-15H2,1-2H3,(H,24,25). The number of fused-ring (bicyclic) bond motifs is 1. The zero-order chi connectivity index (χ0) is 20.4. The van der Waals surface area contributed by atoms with Crippen LogP contribution in [0.4, 0.5) is 10.3 Å². The lowest BCUT2D eigenvalue weighted by Gasteiger charge is -2.31. The van der Waals surface area contributed by atoms with Crippen LogP contribution in [-0.2, 0) is 4.79 Å². The molecule has 1 N–H and O–H groups in total. The van der Waals surface area contributed by atoms with E-state index in [1.807, 2.05) is 29.2 Å². The lowest BCUT2D eigenvalue weighted by Crippen LogP contribution is -2.50. The fraction of sp³-hybridized carbons (Fsp3) is 0.364. The summed E-state index contributed by atoms with van der Waals surface area (Å²) in [5.41, 5.74) is 0.911. The highest BCUT2D eigenvalue weighted by Crippen LogP contribution is 2.23. The maximum atomic E-state index is 13.1. The fourth-order valence-corrected chi connectivity index (χ4v) is 3.64. The molecule has 0 saturated carbocycles. The number of hydrogen-bond donors (Lipinski definition) is 1. The third-order valence-corrected chi connectivity index (χ3v) is 5.16. The molecule has 0 spiro atoms. The SMILES string of the molecule is CC(C)(Oc1ccc(F)cc1)C(=O)N1CCCN(c2nc3ccccc3[nH]2)CC1. The highest BCUT2D eigenvalue weighted by molar-refractivity contribution is 5.85. The highest BCUT2D eigenvalue weighted by atomic mass is 19.1. The number of hydrogen-bond acceptors (Lipinski definition) is 4. The van der Waals surface area contributed by atoms with E-state index in [1.165, 1.54) is 24.3 Å². The van der Waals surface area contributed by atoms with Crippen molar-refractivity contribution < 1.29 is 13.9 Å². The van der Waals surface area contributed by atoms with Crippen molar-refractivity contribution in [3.05, 3.63) is 54.3 Å². The summed E-state index contributed by atoms with van der Waals surface area (Å²) >= 11 is 0. The Labute approximate surface area is 169 Å². The minimum absolute atomic E-state index is 0.0757. The summed E-state index contributed by atoms with van der Waals surface area (Å²) in [6, 6.07) is 13.7. The van der Waals surface area contributed by atoms with Crippen molar-refractivity contribution >= 4 is 22.9 Å². The number of carbonyl (C=O) groups is 1. The van der Waals surface area contributed by atoms with Crippen molar-refractivity contribution in [2.45, 2.75) is 25.9 Å². The molecule has 1 amide bonds. The van der Waals surface area contributed by atoms with Gasteiger partial charge in [-0.1, -0.05) is 12.1 Å². The van der Waals surface area contributed by atoms with Gasteiger partial charge < -0.3 is 19.5 Å². The van der Waals surface area contributed by atoms with E-state index in [4.69, 9.17) is 4.74 Å². The topological polar surface area (TPSA) is 61.5 Å². The first-order chi connectivity index (χ1) is 13.9. The second-order valence-electron chi connectivity index (χ2n) is 7.78. The number of nitrogens with one attached hydrogen (secondary N) is 1. The molecule has 1 aromatic heterocycles. The minimum atomic E-state index is -1.04. The number of halogens is 1. The van der Waals surface area contributed by atoms with Crippen LogP contribution in [0.3, 0.4) is 0 Å². The molecule has 0 radical (unpaired) electrons. The van der Waals surface area contributed by atoms with Crippen LogP contribution in [0.2, 0.25) is 0 Å². The van der Waals surface area contributed by atoms with Crippen molar-refractivity contribution in [2.24, 2.45) is 0 Å². The molecule has 1 aliphatic rings. The lowest BCUT2D eigenvalue weighted by molar-refractivity contribution is -0.145. The molecule has 7 heteroatoms. The third kappa shape index (κ3) is 4.18. The Balaban J connectivity index is 1.42. The van der Waals surface area contributed by atoms with Gasteiger partial charge in [0.15, 0.2) is 5.60 Å². The van der Waals surface area contributed by atoms with E-state index >= 15 is 0 Å². The second-order valence-corrected chi connectivity index (χ2v) is 7.78. The largest absolute Gasteiger partial charge is 0.478 e. The van der Waals surface area contributed by atoms with E-state index in [9.17, 15) is 9.18 Å². The quantitative estimate of drug-likeness (QED) is 0.732. The minimum Gasteiger partial charge on any atom is -0.478 e. The maximum Gasteiger partial charge on any atom is 0.266 e. The van der Waals surface area contributed by atoms with Crippen LogP contribution in [0.1, 0.15) is 20.3 Å². The van der Waals surface area contributed by atoms with E-state index in [-0.39, 0.29) is 11.7 Å². The van der Waals surface area contributed by atoms with Crippen LogP contribution < -0.4 is 9.64 Å². The smallest absolute Gasteiger partial charge is 0.266 e. The van der Waals surface area contributed by atoms with Crippen molar-refractivity contribution in [2.75, 3.05) is 31.1 Å². The molecular weight excluding hydrogens is 371 g/mol. The third-order valence-electron chi connectivity index (χ3n) is 5.16. The van der Waals surface area contributed by atoms with Gasteiger partial charge in [0.1, 0.15) is 11.6 Å². The first-order valence-electron chi connectivity index (χ1n) is 9.86. The predicted molar refractivity (Wildman–Crippen MR) is 111 cm³/mol. The molecule has 4 rings (SSSR count). The molecule has 1 fully saturated rings. The molecule has 0 unspecified atom stereocenters. The fourth-order valence-electron chi connectivity index (χ4n) is 3.64. The normalized spacial score (nSPS) is 15.4. The molecule has 1 saturated heterocycles. The molecular formula is C22H25FN4O2. The van der Waals surface area contributed by atoms with Gasteiger partial charge >= 0.3 is 0 Å². The van der Waals surface area contributed by atoms with Gasteiger partial charge in [0.05, 0.1) is 11.0 Å². The number of anilines is 1. The number of carbonyl (C=O) groups excluding carboxylic acids is 1. The number of ether oxygens (including phenoxy) is 1. The summed E-state index contributed by atoms with van der Waals surface area (Å²) in [4.78, 5) is 25.2. The van der Waals surface area contributed by atoms with Gasteiger partial charge in [0, 0.05) is 26.2 Å². The molecule has 1 aliphatic heterocycles. The summed E-state index contributed by atoms with van der Waals surface area (Å²) in [7, 11) is 0. The number of para-hydroxylation sites is 2. The number of H-pyrrole nitrogens is 1. The first-order valence-corrected chi connectivity index (χ1v) is 9.86. The number of imidazole rings is 1. The molecule has 29 heavy (non-hydrogen) atoms. The molecule has 0 bridgehead atoms. The maximum absolute atomic E-state index is 13.1. The van der Waals surface area contributed by atoms with Crippen LogP contribution in [0, 0.1) is 5.82 Å². The molecule has 6 nitrogen and oxygen atoms in total. The number of aromatic nitrogens is 2. The number of benzene rings is 2. The van der Waals surface area contributed by atoms with Gasteiger partial charge in [-0.05, 0) is 56.7 Å². The van der Waals surface area contributed by atoms with E-state index in [1.54, 1.807) is 13.8 Å². The zero-order valence-corrected chi connectivity index (χ0v) is 16.7.